The van der Waals surface area contributed by atoms with E-state index in [1.807, 2.05) is 12.1 Å². The average molecular weight is 182 g/mol. The molecule has 0 radical (unpaired) electrons. The predicted molar refractivity (Wildman–Crippen MR) is 47.3 cm³/mol. The Bertz CT molecular complexity index is 348. The Labute approximate surface area is 75.3 Å². The average Bonchev–Trinajstić information content (AvgIpc) is 2.29. The third kappa shape index (κ3) is 0.958. The van der Waals surface area contributed by atoms with Gasteiger partial charge in [0, 0.05) is 18.0 Å². The summed E-state index contributed by atoms with van der Waals surface area (Å²) < 4.78 is 0. The number of benzene rings is 1. The summed E-state index contributed by atoms with van der Waals surface area (Å²) in [6.45, 7) is 0. The Morgan fingerprint density at radius 2 is 2.25 bits per heavy atom. The smallest absolute Gasteiger partial charge is 0.166 e. The first-order valence-electron chi connectivity index (χ1n) is 3.77. The first-order chi connectivity index (χ1) is 5.70. The SMILES string of the molecule is N[C@H]1CC(=O)c2c(Cl)cccc21. The van der Waals surface area contributed by atoms with E-state index in [1.165, 1.54) is 0 Å². The lowest BCUT2D eigenvalue weighted by molar-refractivity contribution is 0.0989. The molecule has 1 atom stereocenters. The van der Waals surface area contributed by atoms with Crippen LogP contribution in [0, 0.1) is 0 Å². The highest BCUT2D eigenvalue weighted by Gasteiger charge is 2.28. The van der Waals surface area contributed by atoms with Gasteiger partial charge in [-0.2, -0.15) is 0 Å². The molecule has 2 rings (SSSR count). The fraction of sp³-hybridized carbons (Fsp3) is 0.222. The van der Waals surface area contributed by atoms with Crippen molar-refractivity contribution in [1.29, 1.82) is 0 Å². The van der Waals surface area contributed by atoms with Crippen LogP contribution in [0.15, 0.2) is 18.2 Å². The minimum absolute atomic E-state index is 0.0584. The van der Waals surface area contributed by atoms with E-state index in [0.717, 1.165) is 5.56 Å². The number of nitrogens with two attached hydrogens (primary N) is 1. The first-order valence-corrected chi connectivity index (χ1v) is 4.15. The van der Waals surface area contributed by atoms with Crippen LogP contribution in [0.5, 0.6) is 0 Å². The Hall–Kier alpha value is -0.860. The Kier molecular flexibility index (Phi) is 1.67. The van der Waals surface area contributed by atoms with Gasteiger partial charge >= 0.3 is 0 Å². The first kappa shape index (κ1) is 7.77. The molecular weight excluding hydrogens is 174 g/mol. The molecule has 3 heteroatoms. The summed E-state index contributed by atoms with van der Waals surface area (Å²) in [6.07, 6.45) is 0.388. The van der Waals surface area contributed by atoms with Crippen LogP contribution in [-0.4, -0.2) is 5.78 Å². The van der Waals surface area contributed by atoms with Gasteiger partial charge in [0.2, 0.25) is 0 Å². The zero-order valence-electron chi connectivity index (χ0n) is 6.38. The topological polar surface area (TPSA) is 43.1 Å². The van der Waals surface area contributed by atoms with E-state index in [4.69, 9.17) is 17.3 Å². The fourth-order valence-electron chi connectivity index (χ4n) is 1.56. The van der Waals surface area contributed by atoms with Gasteiger partial charge in [-0.15, -0.1) is 0 Å². The number of ketones is 1. The highest BCUT2D eigenvalue weighted by Crippen LogP contribution is 2.33. The Balaban J connectivity index is 2.67. The molecule has 0 bridgehead atoms. The van der Waals surface area contributed by atoms with Crippen molar-refractivity contribution in [1.82, 2.24) is 0 Å². The van der Waals surface area contributed by atoms with Gasteiger partial charge in [-0.05, 0) is 11.6 Å². The van der Waals surface area contributed by atoms with Gasteiger partial charge in [0.25, 0.3) is 0 Å². The van der Waals surface area contributed by atoms with Crippen LogP contribution in [0.25, 0.3) is 0 Å². The lowest BCUT2D eigenvalue weighted by Crippen LogP contribution is -2.05. The second kappa shape index (κ2) is 2.57. The number of Topliss-reactive ketones (excluding diaryl/α,β-unsaturated/α-hetero) is 1. The molecule has 0 aliphatic heterocycles. The van der Waals surface area contributed by atoms with Crippen LogP contribution in [0.2, 0.25) is 5.02 Å². The molecule has 2 nitrogen and oxygen atoms in total. The van der Waals surface area contributed by atoms with Crippen molar-refractivity contribution in [3.8, 4) is 0 Å². The lowest BCUT2D eigenvalue weighted by atomic mass is 10.1. The van der Waals surface area contributed by atoms with Crippen LogP contribution in [0.3, 0.4) is 0 Å². The highest BCUT2D eigenvalue weighted by molar-refractivity contribution is 6.34. The maximum atomic E-state index is 11.3. The van der Waals surface area contributed by atoms with Crippen molar-refractivity contribution in [2.45, 2.75) is 12.5 Å². The van der Waals surface area contributed by atoms with E-state index >= 15 is 0 Å². The number of carbonyl (C=O) groups is 1. The molecular formula is C9H8ClNO. The van der Waals surface area contributed by atoms with Crippen molar-refractivity contribution in [2.75, 3.05) is 0 Å². The second-order valence-corrected chi connectivity index (χ2v) is 3.35. The third-order valence-corrected chi connectivity index (χ3v) is 2.44. The molecule has 1 aliphatic rings. The molecule has 12 heavy (non-hydrogen) atoms. The quantitative estimate of drug-likeness (QED) is 0.665. The van der Waals surface area contributed by atoms with Crippen LogP contribution in [0.4, 0.5) is 0 Å². The highest BCUT2D eigenvalue weighted by atomic mass is 35.5. The summed E-state index contributed by atoms with van der Waals surface area (Å²) in [7, 11) is 0. The minimum atomic E-state index is -0.161. The zero-order valence-corrected chi connectivity index (χ0v) is 7.14. The molecule has 0 amide bonds. The molecule has 0 saturated heterocycles. The van der Waals surface area contributed by atoms with Crippen LogP contribution >= 0.6 is 11.6 Å². The predicted octanol–water partition coefficient (Wildman–Crippen LogP) is 1.93. The summed E-state index contributed by atoms with van der Waals surface area (Å²) in [5, 5.41) is 0.519. The Morgan fingerprint density at radius 1 is 1.50 bits per heavy atom. The number of hydrogen-bond donors (Lipinski definition) is 1. The molecule has 0 heterocycles. The molecule has 0 fully saturated rings. The summed E-state index contributed by atoms with van der Waals surface area (Å²) in [6, 6.07) is 5.23. The van der Waals surface area contributed by atoms with Crippen LogP contribution in [-0.2, 0) is 0 Å². The molecule has 0 unspecified atom stereocenters. The van der Waals surface area contributed by atoms with E-state index in [9.17, 15) is 4.79 Å². The largest absolute Gasteiger partial charge is 0.324 e. The number of halogens is 1. The van der Waals surface area contributed by atoms with Crippen molar-refractivity contribution in [2.24, 2.45) is 5.73 Å². The molecule has 62 valence electrons. The third-order valence-electron chi connectivity index (χ3n) is 2.13. The summed E-state index contributed by atoms with van der Waals surface area (Å²) >= 11 is 5.85. The zero-order chi connectivity index (χ0) is 8.72. The van der Waals surface area contributed by atoms with E-state index in [0.29, 0.717) is 17.0 Å². The normalized spacial score (nSPS) is 21.2. The van der Waals surface area contributed by atoms with Gasteiger partial charge in [0.1, 0.15) is 0 Å². The summed E-state index contributed by atoms with van der Waals surface area (Å²) in [4.78, 5) is 11.3. The van der Waals surface area contributed by atoms with E-state index in [-0.39, 0.29) is 11.8 Å². The van der Waals surface area contributed by atoms with Gasteiger partial charge in [-0.1, -0.05) is 23.7 Å². The Morgan fingerprint density at radius 3 is 2.92 bits per heavy atom. The van der Waals surface area contributed by atoms with Gasteiger partial charge in [0.15, 0.2) is 5.78 Å². The minimum Gasteiger partial charge on any atom is -0.324 e. The summed E-state index contributed by atoms with van der Waals surface area (Å²) in [5.41, 5.74) is 7.23. The summed E-state index contributed by atoms with van der Waals surface area (Å²) in [5.74, 6) is 0.0584. The van der Waals surface area contributed by atoms with E-state index in [1.54, 1.807) is 6.07 Å². The van der Waals surface area contributed by atoms with Gasteiger partial charge in [0.05, 0.1) is 5.02 Å². The van der Waals surface area contributed by atoms with Crippen LogP contribution in [0.1, 0.15) is 28.4 Å². The van der Waals surface area contributed by atoms with Crippen LogP contribution < -0.4 is 5.73 Å². The van der Waals surface area contributed by atoms with Gasteiger partial charge in [-0.3, -0.25) is 4.79 Å². The molecule has 2 N–H and O–H groups in total. The number of fused-ring (bicyclic) bond motifs is 1. The van der Waals surface area contributed by atoms with E-state index < -0.39 is 0 Å². The molecule has 1 aromatic carbocycles. The number of rotatable bonds is 0. The molecule has 0 saturated carbocycles. The molecule has 0 aromatic heterocycles. The van der Waals surface area contributed by atoms with Crippen molar-refractivity contribution < 1.29 is 4.79 Å². The molecule has 1 aromatic rings. The van der Waals surface area contributed by atoms with Gasteiger partial charge in [-0.25, -0.2) is 0 Å². The van der Waals surface area contributed by atoms with Crippen molar-refractivity contribution in [3.05, 3.63) is 34.3 Å². The monoisotopic (exact) mass is 181 g/mol. The van der Waals surface area contributed by atoms with E-state index in [2.05, 4.69) is 0 Å². The van der Waals surface area contributed by atoms with Crippen molar-refractivity contribution >= 4 is 17.4 Å². The maximum Gasteiger partial charge on any atom is 0.166 e. The number of hydrogen-bond acceptors (Lipinski definition) is 2. The molecule has 0 spiro atoms. The fourth-order valence-corrected chi connectivity index (χ4v) is 1.84. The number of carbonyl (C=O) groups excluding carboxylic acids is 1. The molecule has 1 aliphatic carbocycles. The van der Waals surface area contributed by atoms with Crippen molar-refractivity contribution in [3.63, 3.8) is 0 Å². The lowest BCUT2D eigenvalue weighted by Gasteiger charge is -2.02. The standard InChI is InChI=1S/C9H8ClNO/c10-6-3-1-2-5-7(11)4-8(12)9(5)6/h1-3,7H,4,11H2/t7-/m0/s1. The van der Waals surface area contributed by atoms with Gasteiger partial charge < -0.3 is 5.73 Å². The second-order valence-electron chi connectivity index (χ2n) is 2.94. The maximum absolute atomic E-state index is 11.3.